The summed E-state index contributed by atoms with van der Waals surface area (Å²) >= 11 is 0. The lowest BCUT2D eigenvalue weighted by atomic mass is 10.0. The first-order valence-corrected chi connectivity index (χ1v) is 4.15. The summed E-state index contributed by atoms with van der Waals surface area (Å²) in [5, 5.41) is 17.9. The minimum Gasteiger partial charge on any atom is -0.476 e. The van der Waals surface area contributed by atoms with Crippen molar-refractivity contribution in [3.8, 4) is 0 Å². The summed E-state index contributed by atoms with van der Waals surface area (Å²) in [4.78, 5) is 10.7. The molecule has 0 aliphatic carbocycles. The molecule has 4 heteroatoms. The monoisotopic (exact) mass is 183 g/mol. The number of aromatic carboxylic acids is 1. The second kappa shape index (κ2) is 3.51. The molecule has 0 bridgehead atoms. The molecule has 4 nitrogen and oxygen atoms in total. The normalized spacial score (nSPS) is 10.7. The zero-order valence-electron chi connectivity index (χ0n) is 7.69. The Labute approximate surface area is 76.4 Å². The van der Waals surface area contributed by atoms with Gasteiger partial charge in [0.25, 0.3) is 0 Å². The van der Waals surface area contributed by atoms with Crippen LogP contribution in [0, 0.1) is 5.92 Å². The van der Waals surface area contributed by atoms with Crippen LogP contribution in [0.1, 0.15) is 29.9 Å². The van der Waals surface area contributed by atoms with E-state index in [1.807, 2.05) is 13.8 Å². The second-order valence-electron chi connectivity index (χ2n) is 3.44. The Morgan fingerprint density at radius 1 is 1.62 bits per heavy atom. The average molecular weight is 183 g/mol. The van der Waals surface area contributed by atoms with Gasteiger partial charge in [-0.25, -0.2) is 4.79 Å². The van der Waals surface area contributed by atoms with Crippen LogP contribution in [-0.4, -0.2) is 21.0 Å². The molecule has 0 unspecified atom stereocenters. The van der Waals surface area contributed by atoms with Gasteiger partial charge in [-0.2, -0.15) is 4.73 Å². The molecule has 1 heterocycles. The number of hydrogen-bond acceptors (Lipinski definition) is 2. The van der Waals surface area contributed by atoms with Crippen molar-refractivity contribution in [2.24, 2.45) is 5.92 Å². The smallest absolute Gasteiger partial charge is 0.356 e. The molecule has 13 heavy (non-hydrogen) atoms. The number of aromatic nitrogens is 1. The van der Waals surface area contributed by atoms with Gasteiger partial charge in [0.15, 0.2) is 5.69 Å². The molecule has 0 amide bonds. The summed E-state index contributed by atoms with van der Waals surface area (Å²) in [6.45, 7) is 4.00. The van der Waals surface area contributed by atoms with Crippen LogP contribution in [0.2, 0.25) is 0 Å². The fourth-order valence-corrected chi connectivity index (χ4v) is 1.30. The van der Waals surface area contributed by atoms with Gasteiger partial charge < -0.3 is 10.3 Å². The molecule has 0 saturated heterocycles. The fraction of sp³-hybridized carbons (Fsp3) is 0.444. The van der Waals surface area contributed by atoms with Crippen LogP contribution in [0.5, 0.6) is 0 Å². The maximum atomic E-state index is 10.7. The molecule has 0 aromatic carbocycles. The Hall–Kier alpha value is -1.45. The van der Waals surface area contributed by atoms with Crippen molar-refractivity contribution in [2.75, 3.05) is 0 Å². The van der Waals surface area contributed by atoms with Crippen LogP contribution >= 0.6 is 0 Å². The van der Waals surface area contributed by atoms with E-state index in [1.165, 1.54) is 6.20 Å². The van der Waals surface area contributed by atoms with E-state index in [4.69, 9.17) is 10.3 Å². The summed E-state index contributed by atoms with van der Waals surface area (Å²) < 4.78 is 0.653. The molecule has 0 atom stereocenters. The highest BCUT2D eigenvalue weighted by molar-refractivity contribution is 5.87. The van der Waals surface area contributed by atoms with E-state index in [1.54, 1.807) is 6.07 Å². The molecule has 0 saturated carbocycles. The lowest BCUT2D eigenvalue weighted by Gasteiger charge is -2.04. The molecular formula is C9H13NO3. The first-order valence-electron chi connectivity index (χ1n) is 4.15. The third-order valence-corrected chi connectivity index (χ3v) is 1.78. The minimum atomic E-state index is -1.09. The van der Waals surface area contributed by atoms with Crippen molar-refractivity contribution in [1.82, 2.24) is 4.73 Å². The molecule has 1 aromatic rings. The van der Waals surface area contributed by atoms with Crippen LogP contribution < -0.4 is 0 Å². The zero-order chi connectivity index (χ0) is 10.0. The Morgan fingerprint density at radius 2 is 2.23 bits per heavy atom. The fourth-order valence-electron chi connectivity index (χ4n) is 1.30. The molecule has 0 radical (unpaired) electrons. The van der Waals surface area contributed by atoms with E-state index in [9.17, 15) is 4.79 Å². The third kappa shape index (κ3) is 2.02. The highest BCUT2D eigenvalue weighted by Crippen LogP contribution is 2.14. The minimum absolute atomic E-state index is 0.0336. The number of carbonyl (C=O) groups is 1. The van der Waals surface area contributed by atoms with Gasteiger partial charge in [-0.1, -0.05) is 13.8 Å². The molecule has 1 rings (SSSR count). The maximum Gasteiger partial charge on any atom is 0.356 e. The molecule has 0 fully saturated rings. The predicted octanol–water partition coefficient (Wildman–Crippen LogP) is 1.62. The zero-order valence-corrected chi connectivity index (χ0v) is 7.69. The largest absolute Gasteiger partial charge is 0.476 e. The van der Waals surface area contributed by atoms with Crippen molar-refractivity contribution in [3.63, 3.8) is 0 Å². The van der Waals surface area contributed by atoms with Crippen molar-refractivity contribution >= 4 is 5.97 Å². The van der Waals surface area contributed by atoms with E-state index in [-0.39, 0.29) is 5.69 Å². The van der Waals surface area contributed by atoms with Gasteiger partial charge in [0.1, 0.15) is 0 Å². The highest BCUT2D eigenvalue weighted by atomic mass is 16.5. The molecule has 1 aromatic heterocycles. The van der Waals surface area contributed by atoms with Crippen molar-refractivity contribution in [2.45, 2.75) is 20.3 Å². The van der Waals surface area contributed by atoms with E-state index < -0.39 is 5.97 Å². The van der Waals surface area contributed by atoms with Crippen molar-refractivity contribution < 1.29 is 15.1 Å². The summed E-state index contributed by atoms with van der Waals surface area (Å²) in [7, 11) is 0. The molecule has 72 valence electrons. The van der Waals surface area contributed by atoms with Gasteiger partial charge in [0.05, 0.1) is 0 Å². The SMILES string of the molecule is CC(C)Cc1ccn(O)c1C(=O)O. The summed E-state index contributed by atoms with van der Waals surface area (Å²) in [6.07, 6.45) is 2.01. The number of rotatable bonds is 3. The quantitative estimate of drug-likeness (QED) is 0.700. The van der Waals surface area contributed by atoms with Crippen molar-refractivity contribution in [3.05, 3.63) is 23.5 Å². The molecule has 0 aliphatic rings. The van der Waals surface area contributed by atoms with E-state index in [0.717, 1.165) is 0 Å². The van der Waals surface area contributed by atoms with Gasteiger partial charge in [0.2, 0.25) is 0 Å². The van der Waals surface area contributed by atoms with Gasteiger partial charge >= 0.3 is 5.97 Å². The van der Waals surface area contributed by atoms with Gasteiger partial charge in [-0.3, -0.25) is 0 Å². The van der Waals surface area contributed by atoms with Gasteiger partial charge in [-0.15, -0.1) is 0 Å². The summed E-state index contributed by atoms with van der Waals surface area (Å²) in [5.74, 6) is -0.719. The molecule has 0 spiro atoms. The number of carboxylic acid groups (broad SMARTS) is 1. The molecular weight excluding hydrogens is 170 g/mol. The van der Waals surface area contributed by atoms with Crippen LogP contribution in [-0.2, 0) is 6.42 Å². The Morgan fingerprint density at radius 3 is 2.69 bits per heavy atom. The maximum absolute atomic E-state index is 10.7. The Balaban J connectivity index is 3.00. The van der Waals surface area contributed by atoms with Crippen molar-refractivity contribution in [1.29, 1.82) is 0 Å². The second-order valence-corrected chi connectivity index (χ2v) is 3.44. The third-order valence-electron chi connectivity index (χ3n) is 1.78. The number of nitrogens with zero attached hydrogens (tertiary/aromatic N) is 1. The summed E-state index contributed by atoms with van der Waals surface area (Å²) in [5.41, 5.74) is 0.638. The first kappa shape index (κ1) is 9.64. The van der Waals surface area contributed by atoms with E-state index >= 15 is 0 Å². The standard InChI is InChI=1S/C9H13NO3/c1-6(2)5-7-3-4-10(13)8(7)9(11)12/h3-4,6,13H,5H2,1-2H3,(H,11,12). The average Bonchev–Trinajstić information content (AvgIpc) is 2.30. The van der Waals surface area contributed by atoms with Crippen LogP contribution in [0.4, 0.5) is 0 Å². The first-order chi connectivity index (χ1) is 6.02. The topological polar surface area (TPSA) is 62.5 Å². The highest BCUT2D eigenvalue weighted by Gasteiger charge is 2.16. The van der Waals surface area contributed by atoms with Crippen LogP contribution in [0.15, 0.2) is 12.3 Å². The van der Waals surface area contributed by atoms with Crippen LogP contribution in [0.3, 0.4) is 0 Å². The summed E-state index contributed by atoms with van der Waals surface area (Å²) in [6, 6.07) is 1.63. The lowest BCUT2D eigenvalue weighted by Crippen LogP contribution is -2.09. The number of carboxylic acids is 1. The van der Waals surface area contributed by atoms with E-state index in [0.29, 0.717) is 22.6 Å². The molecule has 0 aliphatic heterocycles. The Kier molecular flexibility index (Phi) is 2.60. The molecule has 2 N–H and O–H groups in total. The van der Waals surface area contributed by atoms with Gasteiger partial charge in [-0.05, 0) is 24.0 Å². The van der Waals surface area contributed by atoms with Crippen LogP contribution in [0.25, 0.3) is 0 Å². The predicted molar refractivity (Wildman–Crippen MR) is 47.1 cm³/mol. The number of hydrogen-bond donors (Lipinski definition) is 2. The lowest BCUT2D eigenvalue weighted by molar-refractivity contribution is 0.0642. The van der Waals surface area contributed by atoms with Gasteiger partial charge in [0, 0.05) is 6.20 Å². The van der Waals surface area contributed by atoms with E-state index in [2.05, 4.69) is 0 Å². The Bertz CT molecular complexity index is 315.